The number of hydrogen-bond acceptors (Lipinski definition) is 4. The van der Waals surface area contributed by atoms with Crippen LogP contribution in [-0.4, -0.2) is 19.7 Å². The third-order valence-corrected chi connectivity index (χ3v) is 4.54. The molecule has 2 aromatic carbocycles. The lowest BCUT2D eigenvalue weighted by Gasteiger charge is -2.08. The Bertz CT molecular complexity index is 802. The third kappa shape index (κ3) is 4.16. The largest absolute Gasteiger partial charge is 0.507 e. The number of phenolic OH excluding ortho intramolecular Hbond substituents is 1. The van der Waals surface area contributed by atoms with E-state index in [4.69, 9.17) is 5.14 Å². The maximum Gasteiger partial charge on any atom is 0.238 e. The molecule has 0 aliphatic heterocycles. The van der Waals surface area contributed by atoms with Crippen molar-refractivity contribution in [3.8, 4) is 5.75 Å². The molecule has 3 N–H and O–H groups in total. The first-order chi connectivity index (χ1) is 10.3. The number of phenols is 1. The minimum atomic E-state index is -3.69. The fourth-order valence-electron chi connectivity index (χ4n) is 1.84. The minimum absolute atomic E-state index is 0.0667. The maximum atomic E-state index is 11.2. The van der Waals surface area contributed by atoms with E-state index in [2.05, 4.69) is 20.9 Å². The van der Waals surface area contributed by atoms with Crippen LogP contribution in [0.3, 0.4) is 0 Å². The van der Waals surface area contributed by atoms with Crippen molar-refractivity contribution >= 4 is 32.2 Å². The Kier molecular flexibility index (Phi) is 5.00. The number of nitrogens with two attached hydrogens (primary N) is 1. The molecule has 0 amide bonds. The summed E-state index contributed by atoms with van der Waals surface area (Å²) < 4.78 is 23.3. The quantitative estimate of drug-likeness (QED) is 0.795. The standard InChI is InChI=1S/C15H15BrN2O3S/c1-10(11-2-5-14(6-3-11)22(17,20)21)18-9-12-8-13(16)4-7-15(12)19/h2-10,19H,1H3,(H2,17,20,21)/t10-/m1/s1. The molecule has 7 heteroatoms. The summed E-state index contributed by atoms with van der Waals surface area (Å²) in [4.78, 5) is 4.44. The highest BCUT2D eigenvalue weighted by molar-refractivity contribution is 9.10. The van der Waals surface area contributed by atoms with Gasteiger partial charge in [0.15, 0.2) is 0 Å². The summed E-state index contributed by atoms with van der Waals surface area (Å²) in [6.45, 7) is 1.87. The normalized spacial score (nSPS) is 13.4. The molecule has 2 rings (SSSR count). The van der Waals surface area contributed by atoms with Crippen LogP contribution >= 0.6 is 15.9 Å². The number of aliphatic imine (C=N–C) groups is 1. The second-order valence-corrected chi connectivity index (χ2v) is 7.25. The summed E-state index contributed by atoms with van der Waals surface area (Å²) in [7, 11) is -3.69. The molecule has 0 saturated carbocycles. The van der Waals surface area contributed by atoms with Crippen molar-refractivity contribution in [2.75, 3.05) is 0 Å². The summed E-state index contributed by atoms with van der Waals surface area (Å²) in [5.74, 6) is 0.142. The molecule has 116 valence electrons. The molecule has 0 saturated heterocycles. The molecule has 0 aliphatic carbocycles. The molecule has 0 spiro atoms. The van der Waals surface area contributed by atoms with E-state index in [-0.39, 0.29) is 16.7 Å². The van der Waals surface area contributed by atoms with Gasteiger partial charge in [-0.25, -0.2) is 13.6 Å². The van der Waals surface area contributed by atoms with Gasteiger partial charge >= 0.3 is 0 Å². The van der Waals surface area contributed by atoms with Gasteiger partial charge in [0.25, 0.3) is 0 Å². The number of primary sulfonamides is 1. The minimum Gasteiger partial charge on any atom is -0.507 e. The molecular weight excluding hydrogens is 368 g/mol. The summed E-state index contributed by atoms with van der Waals surface area (Å²) in [5.41, 5.74) is 1.44. The van der Waals surface area contributed by atoms with E-state index in [0.29, 0.717) is 5.56 Å². The second-order valence-electron chi connectivity index (χ2n) is 4.77. The Labute approximate surface area is 137 Å². The predicted molar refractivity (Wildman–Crippen MR) is 89.6 cm³/mol. The van der Waals surface area contributed by atoms with Gasteiger partial charge in [-0.2, -0.15) is 0 Å². The highest BCUT2D eigenvalue weighted by Crippen LogP contribution is 2.22. The van der Waals surface area contributed by atoms with E-state index < -0.39 is 10.0 Å². The number of rotatable bonds is 4. The lowest BCUT2D eigenvalue weighted by atomic mass is 10.1. The predicted octanol–water partition coefficient (Wildman–Crippen LogP) is 2.98. The van der Waals surface area contributed by atoms with E-state index in [1.165, 1.54) is 12.1 Å². The second kappa shape index (κ2) is 6.60. The zero-order valence-electron chi connectivity index (χ0n) is 11.8. The number of hydrogen-bond donors (Lipinski definition) is 2. The number of sulfonamides is 1. The molecule has 0 radical (unpaired) electrons. The van der Waals surface area contributed by atoms with Crippen molar-refractivity contribution in [2.45, 2.75) is 17.9 Å². The Morgan fingerprint density at radius 1 is 1.23 bits per heavy atom. The van der Waals surface area contributed by atoms with Crippen LogP contribution in [0.25, 0.3) is 0 Å². The molecule has 2 aromatic rings. The Morgan fingerprint density at radius 2 is 1.86 bits per heavy atom. The monoisotopic (exact) mass is 382 g/mol. The van der Waals surface area contributed by atoms with E-state index in [0.717, 1.165) is 10.0 Å². The number of benzene rings is 2. The molecule has 0 aromatic heterocycles. The topological polar surface area (TPSA) is 92.8 Å². The zero-order valence-corrected chi connectivity index (χ0v) is 14.2. The van der Waals surface area contributed by atoms with Crippen LogP contribution in [0.1, 0.15) is 24.1 Å². The molecule has 0 bridgehead atoms. The number of aromatic hydroxyl groups is 1. The molecule has 1 atom stereocenters. The van der Waals surface area contributed by atoms with Gasteiger partial charge in [0, 0.05) is 16.3 Å². The van der Waals surface area contributed by atoms with Crippen LogP contribution in [0.5, 0.6) is 5.75 Å². The summed E-state index contributed by atoms with van der Waals surface area (Å²) in [6, 6.07) is 11.1. The van der Waals surface area contributed by atoms with Crippen molar-refractivity contribution in [3.05, 3.63) is 58.1 Å². The van der Waals surface area contributed by atoms with Gasteiger partial charge in [-0.05, 0) is 42.8 Å². The zero-order chi connectivity index (χ0) is 16.3. The molecule has 22 heavy (non-hydrogen) atoms. The highest BCUT2D eigenvalue weighted by Gasteiger charge is 2.09. The van der Waals surface area contributed by atoms with Crippen molar-refractivity contribution in [3.63, 3.8) is 0 Å². The van der Waals surface area contributed by atoms with E-state index in [9.17, 15) is 13.5 Å². The van der Waals surface area contributed by atoms with Gasteiger partial charge in [0.1, 0.15) is 5.75 Å². The van der Waals surface area contributed by atoms with Crippen molar-refractivity contribution in [1.29, 1.82) is 0 Å². The average molecular weight is 383 g/mol. The number of nitrogens with zero attached hydrogens (tertiary/aromatic N) is 1. The number of halogens is 1. The van der Waals surface area contributed by atoms with Crippen LogP contribution in [0.15, 0.2) is 56.8 Å². The van der Waals surface area contributed by atoms with Gasteiger partial charge < -0.3 is 5.11 Å². The van der Waals surface area contributed by atoms with Crippen LogP contribution in [0, 0.1) is 0 Å². The van der Waals surface area contributed by atoms with Gasteiger partial charge in [-0.3, -0.25) is 4.99 Å². The molecule has 0 aliphatic rings. The first-order valence-electron chi connectivity index (χ1n) is 6.42. The van der Waals surface area contributed by atoms with Crippen LogP contribution in [0.2, 0.25) is 0 Å². The lowest BCUT2D eigenvalue weighted by molar-refractivity contribution is 0.474. The van der Waals surface area contributed by atoms with Crippen molar-refractivity contribution < 1.29 is 13.5 Å². The summed E-state index contributed by atoms with van der Waals surface area (Å²) >= 11 is 3.33. The Balaban J connectivity index is 2.20. The average Bonchev–Trinajstić information content (AvgIpc) is 2.47. The SMILES string of the molecule is C[C@@H](N=Cc1cc(Br)ccc1O)c1ccc(S(N)(=O)=O)cc1. The van der Waals surface area contributed by atoms with E-state index in [1.54, 1.807) is 36.5 Å². The van der Waals surface area contributed by atoms with Crippen LogP contribution in [-0.2, 0) is 10.0 Å². The Morgan fingerprint density at radius 3 is 2.45 bits per heavy atom. The van der Waals surface area contributed by atoms with Crippen molar-refractivity contribution in [2.24, 2.45) is 10.1 Å². The van der Waals surface area contributed by atoms with E-state index in [1.807, 2.05) is 6.92 Å². The summed E-state index contributed by atoms with van der Waals surface area (Å²) in [5, 5.41) is 14.8. The molecular formula is C15H15BrN2O3S. The molecule has 5 nitrogen and oxygen atoms in total. The van der Waals surface area contributed by atoms with Gasteiger partial charge in [-0.15, -0.1) is 0 Å². The van der Waals surface area contributed by atoms with Crippen molar-refractivity contribution in [1.82, 2.24) is 0 Å². The Hall–Kier alpha value is -1.70. The van der Waals surface area contributed by atoms with E-state index >= 15 is 0 Å². The first kappa shape index (κ1) is 16.7. The summed E-state index contributed by atoms with van der Waals surface area (Å²) in [6.07, 6.45) is 1.58. The fourth-order valence-corrected chi connectivity index (χ4v) is 2.74. The van der Waals surface area contributed by atoms with Gasteiger partial charge in [0.05, 0.1) is 10.9 Å². The fraction of sp³-hybridized carbons (Fsp3) is 0.133. The molecule has 0 unspecified atom stereocenters. The maximum absolute atomic E-state index is 11.2. The highest BCUT2D eigenvalue weighted by atomic mass is 79.9. The smallest absolute Gasteiger partial charge is 0.238 e. The molecule has 0 heterocycles. The van der Waals surface area contributed by atoms with Gasteiger partial charge in [-0.1, -0.05) is 28.1 Å². The third-order valence-electron chi connectivity index (χ3n) is 3.12. The first-order valence-corrected chi connectivity index (χ1v) is 8.76. The van der Waals surface area contributed by atoms with Gasteiger partial charge in [0.2, 0.25) is 10.0 Å². The molecule has 0 fully saturated rings. The van der Waals surface area contributed by atoms with Crippen LogP contribution in [0.4, 0.5) is 0 Å². The van der Waals surface area contributed by atoms with Crippen LogP contribution < -0.4 is 5.14 Å². The lowest BCUT2D eigenvalue weighted by Crippen LogP contribution is -2.11.